The second kappa shape index (κ2) is 7.09. The lowest BCUT2D eigenvalue weighted by atomic mass is 10.2. The van der Waals surface area contributed by atoms with Crippen LogP contribution in [0, 0.1) is 0 Å². The molecule has 0 N–H and O–H groups in total. The molecule has 4 heteroatoms. The van der Waals surface area contributed by atoms with E-state index in [0.717, 1.165) is 13.0 Å². The van der Waals surface area contributed by atoms with E-state index in [1.165, 1.54) is 32.1 Å². The quantitative estimate of drug-likeness (QED) is 0.411. The summed E-state index contributed by atoms with van der Waals surface area (Å²) in [6.45, 7) is 3.26. The number of nitrogens with zero attached hydrogens (tertiary/aromatic N) is 2. The van der Waals surface area contributed by atoms with E-state index in [1.54, 1.807) is 0 Å². The van der Waals surface area contributed by atoms with Crippen molar-refractivity contribution in [3.05, 3.63) is 18.2 Å². The summed E-state index contributed by atoms with van der Waals surface area (Å²) in [7, 11) is 3.45. The zero-order valence-corrected chi connectivity index (χ0v) is 11.1. The van der Waals surface area contributed by atoms with Crippen molar-refractivity contribution in [2.24, 2.45) is 7.05 Å². The summed E-state index contributed by atoms with van der Waals surface area (Å²) in [5.41, 5.74) is 1.17. The molecule has 0 radical (unpaired) electrons. The molecule has 0 aromatic carbocycles. The molecule has 0 fully saturated rings. The van der Waals surface area contributed by atoms with Crippen molar-refractivity contribution in [1.29, 1.82) is 0 Å². The molecule has 0 atom stereocenters. The number of unbranched alkanes of at least 4 members (excludes halogenated alkanes) is 2. The van der Waals surface area contributed by atoms with E-state index in [2.05, 4.69) is 33.3 Å². The Morgan fingerprint density at radius 1 is 1.47 bits per heavy atom. The number of methoxy groups -OCH3 is 1. The van der Waals surface area contributed by atoms with Gasteiger partial charge in [-0.15, -0.1) is 0 Å². The molecular weight excluding hydrogens is 216 g/mol. The van der Waals surface area contributed by atoms with Gasteiger partial charge in [0.1, 0.15) is 11.9 Å². The van der Waals surface area contributed by atoms with Crippen molar-refractivity contribution < 1.29 is 14.1 Å². The first-order chi connectivity index (χ1) is 8.17. The maximum Gasteiger partial charge on any atom is 0.305 e. The van der Waals surface area contributed by atoms with Crippen LogP contribution in [0.25, 0.3) is 0 Å². The van der Waals surface area contributed by atoms with Gasteiger partial charge in [0.2, 0.25) is 6.33 Å². The molecule has 4 nitrogen and oxygen atoms in total. The lowest BCUT2D eigenvalue weighted by Crippen LogP contribution is -2.30. The van der Waals surface area contributed by atoms with Crippen LogP contribution in [-0.4, -0.2) is 17.6 Å². The van der Waals surface area contributed by atoms with Gasteiger partial charge in [-0.25, -0.2) is 9.13 Å². The van der Waals surface area contributed by atoms with Gasteiger partial charge in [-0.1, -0.05) is 13.3 Å². The predicted octanol–water partition coefficient (Wildman–Crippen LogP) is 1.61. The van der Waals surface area contributed by atoms with Gasteiger partial charge in [0.15, 0.2) is 0 Å². The second-order valence-electron chi connectivity index (χ2n) is 4.37. The number of carbonyl (C=O) groups excluding carboxylic acids is 1. The van der Waals surface area contributed by atoms with E-state index in [4.69, 9.17) is 0 Å². The normalized spacial score (nSPS) is 10.5. The summed E-state index contributed by atoms with van der Waals surface area (Å²) in [5, 5.41) is 0. The fourth-order valence-corrected chi connectivity index (χ4v) is 1.85. The zero-order valence-electron chi connectivity index (χ0n) is 11.1. The molecule has 1 aromatic rings. The van der Waals surface area contributed by atoms with E-state index in [0.29, 0.717) is 6.42 Å². The molecule has 1 aromatic heterocycles. The topological polar surface area (TPSA) is 35.1 Å². The molecule has 0 amide bonds. The molecular formula is C13H23N2O2+. The van der Waals surface area contributed by atoms with Gasteiger partial charge in [0.05, 0.1) is 27.1 Å². The summed E-state index contributed by atoms with van der Waals surface area (Å²) in [6.07, 6.45) is 9.11. The van der Waals surface area contributed by atoms with Gasteiger partial charge in [-0.3, -0.25) is 4.79 Å². The molecule has 0 bridgehead atoms. The number of ether oxygens (including phenoxy) is 1. The van der Waals surface area contributed by atoms with Crippen molar-refractivity contribution >= 4 is 5.97 Å². The third-order valence-electron chi connectivity index (χ3n) is 2.92. The Labute approximate surface area is 103 Å². The Kier molecular flexibility index (Phi) is 5.73. The molecule has 0 aliphatic heterocycles. The molecule has 17 heavy (non-hydrogen) atoms. The Hall–Kier alpha value is -1.32. The molecule has 0 aliphatic rings. The van der Waals surface area contributed by atoms with Crippen LogP contribution in [0.5, 0.6) is 0 Å². The first kappa shape index (κ1) is 13.7. The van der Waals surface area contributed by atoms with Crippen LogP contribution in [0.3, 0.4) is 0 Å². The number of hydrogen-bond donors (Lipinski definition) is 0. The van der Waals surface area contributed by atoms with Gasteiger partial charge >= 0.3 is 5.97 Å². The number of rotatable bonds is 7. The van der Waals surface area contributed by atoms with Crippen LogP contribution < -0.4 is 4.57 Å². The highest BCUT2D eigenvalue weighted by Gasteiger charge is 2.11. The summed E-state index contributed by atoms with van der Waals surface area (Å²) in [6, 6.07) is 0. The van der Waals surface area contributed by atoms with Crippen LogP contribution in [-0.2, 0) is 29.5 Å². The summed E-state index contributed by atoms with van der Waals surface area (Å²) in [5.74, 6) is -0.149. The van der Waals surface area contributed by atoms with Gasteiger partial charge in [-0.05, 0) is 12.8 Å². The monoisotopic (exact) mass is 239 g/mol. The number of esters is 1. The Bertz CT molecular complexity index is 358. The molecule has 96 valence electrons. The number of imidazole rings is 1. The van der Waals surface area contributed by atoms with Crippen LogP contribution in [0.1, 0.15) is 38.3 Å². The van der Waals surface area contributed by atoms with Crippen LogP contribution in [0.15, 0.2) is 12.5 Å². The van der Waals surface area contributed by atoms with Crippen LogP contribution in [0.2, 0.25) is 0 Å². The minimum absolute atomic E-state index is 0.149. The number of aromatic nitrogens is 2. The van der Waals surface area contributed by atoms with Crippen molar-refractivity contribution in [3.63, 3.8) is 0 Å². The summed E-state index contributed by atoms with van der Waals surface area (Å²) >= 11 is 0. The minimum atomic E-state index is -0.149. The van der Waals surface area contributed by atoms with E-state index in [1.807, 2.05) is 7.05 Å². The van der Waals surface area contributed by atoms with Crippen molar-refractivity contribution in [2.75, 3.05) is 7.11 Å². The number of aryl methyl sites for hydroxylation is 3. The van der Waals surface area contributed by atoms with Gasteiger partial charge in [0, 0.05) is 6.42 Å². The maximum absolute atomic E-state index is 11.1. The highest BCUT2D eigenvalue weighted by atomic mass is 16.5. The van der Waals surface area contributed by atoms with Gasteiger partial charge < -0.3 is 4.74 Å². The van der Waals surface area contributed by atoms with Gasteiger partial charge in [0.25, 0.3) is 0 Å². The Balaban J connectivity index is 2.47. The standard InChI is InChI=1S/C13H23N2O2/c1-4-5-6-9-15-10-12(14(2)11-15)7-8-13(16)17-3/h10-11H,4-9H2,1-3H3/q+1. The second-order valence-corrected chi connectivity index (χ2v) is 4.37. The maximum atomic E-state index is 11.1. The molecule has 0 saturated carbocycles. The fraction of sp³-hybridized carbons (Fsp3) is 0.692. The lowest BCUT2D eigenvalue weighted by Gasteiger charge is -1.96. The Morgan fingerprint density at radius 2 is 2.24 bits per heavy atom. The fourth-order valence-electron chi connectivity index (χ4n) is 1.85. The van der Waals surface area contributed by atoms with E-state index in [-0.39, 0.29) is 5.97 Å². The zero-order chi connectivity index (χ0) is 12.7. The third kappa shape index (κ3) is 4.59. The SMILES string of the molecule is CCCCC[n+]1cc(CCC(=O)OC)n(C)c1. The lowest BCUT2D eigenvalue weighted by molar-refractivity contribution is -0.697. The average Bonchev–Trinajstić information content (AvgIpc) is 2.67. The summed E-state index contributed by atoms with van der Waals surface area (Å²) < 4.78 is 8.92. The number of carbonyl (C=O) groups is 1. The first-order valence-electron chi connectivity index (χ1n) is 6.28. The number of hydrogen-bond acceptors (Lipinski definition) is 2. The highest BCUT2D eigenvalue weighted by molar-refractivity contribution is 5.69. The molecule has 0 saturated heterocycles. The van der Waals surface area contributed by atoms with Gasteiger partial charge in [-0.2, -0.15) is 0 Å². The van der Waals surface area contributed by atoms with Crippen molar-refractivity contribution in [3.8, 4) is 0 Å². The van der Waals surface area contributed by atoms with E-state index in [9.17, 15) is 4.79 Å². The minimum Gasteiger partial charge on any atom is -0.469 e. The van der Waals surface area contributed by atoms with E-state index >= 15 is 0 Å². The van der Waals surface area contributed by atoms with E-state index < -0.39 is 0 Å². The molecule has 0 aliphatic carbocycles. The Morgan fingerprint density at radius 3 is 2.88 bits per heavy atom. The predicted molar refractivity (Wildman–Crippen MR) is 65.5 cm³/mol. The molecule has 0 unspecified atom stereocenters. The molecule has 1 rings (SSSR count). The summed E-state index contributed by atoms with van der Waals surface area (Å²) in [4.78, 5) is 11.1. The largest absolute Gasteiger partial charge is 0.469 e. The smallest absolute Gasteiger partial charge is 0.305 e. The highest BCUT2D eigenvalue weighted by Crippen LogP contribution is 2.02. The first-order valence-corrected chi connectivity index (χ1v) is 6.28. The molecule has 0 spiro atoms. The molecule has 1 heterocycles. The van der Waals surface area contributed by atoms with Crippen molar-refractivity contribution in [1.82, 2.24) is 4.57 Å². The van der Waals surface area contributed by atoms with Crippen LogP contribution in [0.4, 0.5) is 0 Å². The van der Waals surface area contributed by atoms with Crippen LogP contribution >= 0.6 is 0 Å². The third-order valence-corrected chi connectivity index (χ3v) is 2.92. The average molecular weight is 239 g/mol. The van der Waals surface area contributed by atoms with Crippen molar-refractivity contribution in [2.45, 2.75) is 45.6 Å².